The zero-order chi connectivity index (χ0) is 0. The molecule has 0 unspecified atom stereocenters. The van der Waals surface area contributed by atoms with Crippen molar-refractivity contribution in [3.63, 3.8) is 0 Å². The van der Waals surface area contributed by atoms with Crippen LogP contribution in [0.3, 0.4) is 0 Å². The molecule has 4 heteroatoms. The number of hydrogen-bond acceptors (Lipinski definition) is 0. The maximum atomic E-state index is 0. The third-order valence-corrected chi connectivity index (χ3v) is 0. The van der Waals surface area contributed by atoms with Gasteiger partial charge in [0.25, 0.3) is 0 Å². The van der Waals surface area contributed by atoms with Crippen LogP contribution in [0.25, 0.3) is 0 Å². The molecule has 0 aliphatic carbocycles. The molecular formula is HKMnNiO. The fourth-order valence-electron chi connectivity index (χ4n) is 0. The van der Waals surface area contributed by atoms with Crippen LogP contribution in [0.15, 0.2) is 0 Å². The zero-order valence-electron chi connectivity index (χ0n) is 3.10. The third kappa shape index (κ3) is 8.82. The number of hydrogen-bond donors (Lipinski definition) is 0. The second-order valence-corrected chi connectivity index (χ2v) is 0. The van der Waals surface area contributed by atoms with Crippen molar-refractivity contribution in [3.05, 3.63) is 0 Å². The van der Waals surface area contributed by atoms with Gasteiger partial charge >= 0.3 is 68.5 Å². The second kappa shape index (κ2) is 17.5. The first kappa shape index (κ1) is 30.5. The van der Waals surface area contributed by atoms with Crippen LogP contribution in [-0.4, -0.2) is 0 Å². The van der Waals surface area contributed by atoms with E-state index in [4.69, 9.17) is 0 Å². The van der Waals surface area contributed by atoms with E-state index in [1.807, 2.05) is 0 Å². The molecule has 0 aromatic carbocycles. The van der Waals surface area contributed by atoms with E-state index < -0.39 is 0 Å². The largest absolute Gasteiger partial charge is 2.00 e. The fraction of sp³-hybridized carbons (Fsp3) is 0. The standard InChI is InChI=1S/K.Mn.Ni.O.H/q+1;+2;;-2;-1. The molecule has 0 amide bonds. The van der Waals surface area contributed by atoms with Crippen LogP contribution in [0.4, 0.5) is 0 Å². The van der Waals surface area contributed by atoms with Crippen LogP contribution in [0, 0.1) is 0 Å². The van der Waals surface area contributed by atoms with E-state index in [0.29, 0.717) is 0 Å². The van der Waals surface area contributed by atoms with Crippen molar-refractivity contribution in [2.45, 2.75) is 0 Å². The molecule has 0 aromatic heterocycles. The van der Waals surface area contributed by atoms with Crippen molar-refractivity contribution < 1.29 is 91.8 Å². The molecule has 0 saturated carbocycles. The zero-order valence-corrected chi connectivity index (χ0v) is 7.39. The van der Waals surface area contributed by atoms with E-state index in [1.165, 1.54) is 0 Å². The van der Waals surface area contributed by atoms with Crippen LogP contribution in [-0.2, 0) is 39.0 Å². The molecule has 25 valence electrons. The van der Waals surface area contributed by atoms with Crippen LogP contribution in [0.5, 0.6) is 0 Å². The Bertz CT molecular complexity index is 11.6. The first-order valence-corrected chi connectivity index (χ1v) is 0. The van der Waals surface area contributed by atoms with Crippen LogP contribution in [0.1, 0.15) is 1.43 Å². The van der Waals surface area contributed by atoms with E-state index in [9.17, 15) is 0 Å². The topological polar surface area (TPSA) is 28.5 Å². The fourth-order valence-corrected chi connectivity index (χ4v) is 0. The average Bonchev–Trinajstić information content (AvgIpc) is 0. The van der Waals surface area contributed by atoms with Gasteiger partial charge in [0.1, 0.15) is 0 Å². The molecule has 0 atom stereocenters. The van der Waals surface area contributed by atoms with Gasteiger partial charge in [0.05, 0.1) is 0 Å². The van der Waals surface area contributed by atoms with Gasteiger partial charge in [-0.05, 0) is 0 Å². The minimum Gasteiger partial charge on any atom is -2.00 e. The minimum atomic E-state index is 0. The Morgan fingerprint density at radius 2 is 1.25 bits per heavy atom. The molecule has 1 nitrogen and oxygen atoms in total. The maximum Gasteiger partial charge on any atom is 2.00 e. The Hall–Kier alpha value is 2.61. The normalized spacial score (nSPS) is 0. The van der Waals surface area contributed by atoms with E-state index in [-0.39, 0.29) is 91.8 Å². The van der Waals surface area contributed by atoms with Gasteiger partial charge in [-0.25, -0.2) is 0 Å². The molecule has 0 aliphatic rings. The molecular weight excluding hydrogens is 169 g/mol. The third-order valence-electron chi connectivity index (χ3n) is 0. The van der Waals surface area contributed by atoms with Crippen molar-refractivity contribution in [3.8, 4) is 0 Å². The molecule has 0 aliphatic heterocycles. The molecule has 4 heavy (non-hydrogen) atoms. The van der Waals surface area contributed by atoms with E-state index >= 15 is 0 Å². The van der Waals surface area contributed by atoms with Crippen LogP contribution >= 0.6 is 0 Å². The van der Waals surface area contributed by atoms with Crippen LogP contribution < -0.4 is 51.4 Å². The monoisotopic (exact) mass is 169 g/mol. The van der Waals surface area contributed by atoms with Crippen LogP contribution in [0.2, 0.25) is 0 Å². The predicted octanol–water partition coefficient (Wildman–Crippen LogP) is -3.01. The first-order valence-electron chi connectivity index (χ1n) is 0. The van der Waals surface area contributed by atoms with E-state index in [0.717, 1.165) is 0 Å². The molecule has 1 radical (unpaired) electrons. The molecule has 0 N–H and O–H groups in total. The van der Waals surface area contributed by atoms with E-state index in [1.54, 1.807) is 0 Å². The minimum absolute atomic E-state index is 0. The van der Waals surface area contributed by atoms with Gasteiger partial charge in [0, 0.05) is 16.5 Å². The molecule has 0 aromatic rings. The maximum absolute atomic E-state index is 0. The van der Waals surface area contributed by atoms with Gasteiger partial charge in [-0.1, -0.05) is 0 Å². The molecule has 0 fully saturated rings. The summed E-state index contributed by atoms with van der Waals surface area (Å²) in [5.74, 6) is 0. The van der Waals surface area contributed by atoms with E-state index in [2.05, 4.69) is 0 Å². The Labute approximate surface area is 89.9 Å². The molecule has 0 bridgehead atoms. The summed E-state index contributed by atoms with van der Waals surface area (Å²) >= 11 is 0. The summed E-state index contributed by atoms with van der Waals surface area (Å²) in [7, 11) is 0. The van der Waals surface area contributed by atoms with Crippen molar-refractivity contribution in [1.29, 1.82) is 0 Å². The van der Waals surface area contributed by atoms with Gasteiger partial charge in [-0.2, -0.15) is 0 Å². The summed E-state index contributed by atoms with van der Waals surface area (Å²) < 4.78 is 0. The average molecular weight is 170 g/mol. The summed E-state index contributed by atoms with van der Waals surface area (Å²) in [4.78, 5) is 0. The van der Waals surface area contributed by atoms with Crippen molar-refractivity contribution in [2.24, 2.45) is 0 Å². The van der Waals surface area contributed by atoms with Gasteiger partial charge in [-0.3, -0.25) is 0 Å². The Morgan fingerprint density at radius 3 is 1.25 bits per heavy atom. The van der Waals surface area contributed by atoms with Crippen molar-refractivity contribution >= 4 is 0 Å². The van der Waals surface area contributed by atoms with Gasteiger partial charge in [0.2, 0.25) is 0 Å². The SMILES string of the molecule is [H-].[K+].[Mn+2].[Ni].[O-2]. The number of rotatable bonds is 0. The predicted molar refractivity (Wildman–Crippen MR) is 1.80 cm³/mol. The second-order valence-electron chi connectivity index (χ2n) is 0. The molecule has 0 heterocycles. The smallest absolute Gasteiger partial charge is 2.00 e. The molecule has 0 spiro atoms. The summed E-state index contributed by atoms with van der Waals surface area (Å²) in [5.41, 5.74) is 0. The Balaban J connectivity index is 0. The summed E-state index contributed by atoms with van der Waals surface area (Å²) in [6.45, 7) is 0. The van der Waals surface area contributed by atoms with Crippen molar-refractivity contribution in [1.82, 2.24) is 0 Å². The summed E-state index contributed by atoms with van der Waals surface area (Å²) in [6.07, 6.45) is 0. The Kier molecular flexibility index (Phi) is 134. The van der Waals surface area contributed by atoms with Gasteiger partial charge in [0.15, 0.2) is 0 Å². The van der Waals surface area contributed by atoms with Crippen molar-refractivity contribution in [2.75, 3.05) is 0 Å². The summed E-state index contributed by atoms with van der Waals surface area (Å²) in [5, 5.41) is 0. The molecule has 0 rings (SSSR count). The van der Waals surface area contributed by atoms with Gasteiger partial charge in [-0.15, -0.1) is 0 Å². The molecule has 0 saturated heterocycles. The first-order chi connectivity index (χ1) is 0. The quantitative estimate of drug-likeness (QED) is 0.346. The summed E-state index contributed by atoms with van der Waals surface area (Å²) in [6, 6.07) is 0. The van der Waals surface area contributed by atoms with Gasteiger partial charge < -0.3 is 6.90 Å². The Morgan fingerprint density at radius 1 is 1.25 bits per heavy atom.